The highest BCUT2D eigenvalue weighted by molar-refractivity contribution is 6.30. The normalized spacial score (nSPS) is 13.6. The van der Waals surface area contributed by atoms with E-state index in [4.69, 9.17) is 11.6 Å². The van der Waals surface area contributed by atoms with E-state index in [1.54, 1.807) is 18.2 Å². The second-order valence-electron chi connectivity index (χ2n) is 5.82. The van der Waals surface area contributed by atoms with Crippen LogP contribution in [0, 0.1) is 11.3 Å². The number of aliphatic hydroxyl groups is 1. The van der Waals surface area contributed by atoms with Crippen LogP contribution in [0.3, 0.4) is 0 Å². The van der Waals surface area contributed by atoms with Gasteiger partial charge >= 0.3 is 0 Å². The molecule has 0 saturated carbocycles. The van der Waals surface area contributed by atoms with Crippen LogP contribution < -0.4 is 5.32 Å². The first kappa shape index (κ1) is 18.6. The number of hydrogen-bond acceptors (Lipinski definition) is 6. The number of aromatic nitrogens is 4. The van der Waals surface area contributed by atoms with Crippen molar-refractivity contribution in [3.63, 3.8) is 0 Å². The van der Waals surface area contributed by atoms with Gasteiger partial charge in [-0.2, -0.15) is 10.5 Å². The molecule has 0 spiro atoms. The number of nitrogens with one attached hydrogen (secondary N) is 2. The molecule has 0 aliphatic carbocycles. The Morgan fingerprint density at radius 1 is 1.33 bits per heavy atom. The molecular weight excluding hydrogens is 364 g/mol. The van der Waals surface area contributed by atoms with Gasteiger partial charge in [0.2, 0.25) is 5.82 Å². The van der Waals surface area contributed by atoms with Crippen LogP contribution in [-0.2, 0) is 5.60 Å². The lowest BCUT2D eigenvalue weighted by atomic mass is 9.83. The van der Waals surface area contributed by atoms with Gasteiger partial charge in [-0.05, 0) is 35.4 Å². The highest BCUT2D eigenvalue weighted by atomic mass is 35.5. The molecule has 0 aliphatic rings. The minimum atomic E-state index is -1.25. The predicted molar refractivity (Wildman–Crippen MR) is 103 cm³/mol. The SMILES string of the molecule is CCC(O)(c1ccccc1)c1cc(Cl)ccc1NC=C(C#N)c1nn[nH]n1. The third-order valence-electron chi connectivity index (χ3n) is 4.27. The Morgan fingerprint density at radius 2 is 2.11 bits per heavy atom. The Kier molecular flexibility index (Phi) is 5.50. The highest BCUT2D eigenvalue weighted by Gasteiger charge is 2.32. The quantitative estimate of drug-likeness (QED) is 0.564. The van der Waals surface area contributed by atoms with Crippen molar-refractivity contribution in [1.82, 2.24) is 20.6 Å². The van der Waals surface area contributed by atoms with E-state index >= 15 is 0 Å². The van der Waals surface area contributed by atoms with Crippen LogP contribution in [0.5, 0.6) is 0 Å². The maximum Gasteiger partial charge on any atom is 0.216 e. The van der Waals surface area contributed by atoms with Gasteiger partial charge in [0.1, 0.15) is 17.2 Å². The van der Waals surface area contributed by atoms with Crippen LogP contribution in [0.2, 0.25) is 5.02 Å². The van der Waals surface area contributed by atoms with Crippen LogP contribution >= 0.6 is 11.6 Å². The Balaban J connectivity index is 2.05. The number of hydrogen-bond donors (Lipinski definition) is 3. The largest absolute Gasteiger partial charge is 0.380 e. The minimum Gasteiger partial charge on any atom is -0.380 e. The van der Waals surface area contributed by atoms with Gasteiger partial charge in [0, 0.05) is 22.5 Å². The molecule has 0 aliphatic heterocycles. The molecule has 3 aromatic rings. The van der Waals surface area contributed by atoms with Crippen LogP contribution in [0.1, 0.15) is 30.3 Å². The Labute approximate surface area is 161 Å². The molecular formula is C19H17ClN6O. The number of benzene rings is 2. The molecule has 1 atom stereocenters. The van der Waals surface area contributed by atoms with Crippen LogP contribution in [0.25, 0.3) is 5.57 Å². The molecule has 0 bridgehead atoms. The molecule has 1 aromatic heterocycles. The average Bonchev–Trinajstić information content (AvgIpc) is 3.24. The fraction of sp³-hybridized carbons (Fsp3) is 0.158. The van der Waals surface area contributed by atoms with Crippen molar-refractivity contribution in [2.45, 2.75) is 18.9 Å². The molecule has 3 N–H and O–H groups in total. The topological polar surface area (TPSA) is 111 Å². The first-order valence-electron chi connectivity index (χ1n) is 8.27. The zero-order chi connectivity index (χ0) is 19.3. The summed E-state index contributed by atoms with van der Waals surface area (Å²) in [4.78, 5) is 0. The van der Waals surface area contributed by atoms with Gasteiger partial charge in [-0.25, -0.2) is 0 Å². The number of tetrazole rings is 1. The van der Waals surface area contributed by atoms with E-state index in [2.05, 4.69) is 25.9 Å². The molecule has 0 fully saturated rings. The highest BCUT2D eigenvalue weighted by Crippen LogP contribution is 2.38. The number of aromatic amines is 1. The van der Waals surface area contributed by atoms with Crippen molar-refractivity contribution in [2.24, 2.45) is 0 Å². The van der Waals surface area contributed by atoms with Gasteiger partial charge in [0.25, 0.3) is 0 Å². The maximum absolute atomic E-state index is 11.5. The summed E-state index contributed by atoms with van der Waals surface area (Å²) in [5.41, 5.74) is 0.917. The van der Waals surface area contributed by atoms with E-state index in [9.17, 15) is 10.4 Å². The summed E-state index contributed by atoms with van der Waals surface area (Å²) in [6.45, 7) is 1.90. The molecule has 136 valence electrons. The number of anilines is 1. The zero-order valence-corrected chi connectivity index (χ0v) is 15.3. The van der Waals surface area contributed by atoms with E-state index < -0.39 is 5.60 Å². The molecule has 7 nitrogen and oxygen atoms in total. The molecule has 2 aromatic carbocycles. The molecule has 3 rings (SSSR count). The lowest BCUT2D eigenvalue weighted by Crippen LogP contribution is -2.27. The van der Waals surface area contributed by atoms with Crippen molar-refractivity contribution in [2.75, 3.05) is 5.32 Å². The monoisotopic (exact) mass is 380 g/mol. The van der Waals surface area contributed by atoms with Crippen molar-refractivity contribution in [3.8, 4) is 6.07 Å². The third kappa shape index (κ3) is 3.82. The van der Waals surface area contributed by atoms with Crippen LogP contribution in [0.15, 0.2) is 54.7 Å². The summed E-state index contributed by atoms with van der Waals surface area (Å²) in [5.74, 6) is 0.175. The molecule has 1 unspecified atom stereocenters. The van der Waals surface area contributed by atoms with E-state index in [1.807, 2.05) is 43.3 Å². The van der Waals surface area contributed by atoms with Gasteiger partial charge in [0.05, 0.1) is 0 Å². The number of nitriles is 1. The Hall–Kier alpha value is -3.21. The fourth-order valence-corrected chi connectivity index (χ4v) is 2.99. The van der Waals surface area contributed by atoms with Crippen molar-refractivity contribution < 1.29 is 5.11 Å². The molecule has 0 amide bonds. The van der Waals surface area contributed by atoms with Crippen LogP contribution in [-0.4, -0.2) is 25.7 Å². The summed E-state index contributed by atoms with van der Waals surface area (Å²) < 4.78 is 0. The molecule has 0 radical (unpaired) electrons. The van der Waals surface area contributed by atoms with E-state index in [0.29, 0.717) is 22.7 Å². The van der Waals surface area contributed by atoms with Crippen molar-refractivity contribution in [3.05, 3.63) is 76.7 Å². The van der Waals surface area contributed by atoms with E-state index in [-0.39, 0.29) is 11.4 Å². The van der Waals surface area contributed by atoms with Gasteiger partial charge < -0.3 is 10.4 Å². The molecule has 8 heteroatoms. The zero-order valence-electron chi connectivity index (χ0n) is 14.5. The number of halogens is 1. The van der Waals surface area contributed by atoms with Gasteiger partial charge in [-0.3, -0.25) is 0 Å². The summed E-state index contributed by atoms with van der Waals surface area (Å²) in [6.07, 6.45) is 1.91. The predicted octanol–water partition coefficient (Wildman–Crippen LogP) is 3.48. The molecule has 0 saturated heterocycles. The first-order chi connectivity index (χ1) is 13.1. The first-order valence-corrected chi connectivity index (χ1v) is 8.65. The second kappa shape index (κ2) is 7.99. The third-order valence-corrected chi connectivity index (χ3v) is 4.50. The summed E-state index contributed by atoms with van der Waals surface area (Å²) in [7, 11) is 0. The van der Waals surface area contributed by atoms with Crippen LogP contribution in [0.4, 0.5) is 5.69 Å². The van der Waals surface area contributed by atoms with Crippen molar-refractivity contribution in [1.29, 1.82) is 5.26 Å². The summed E-state index contributed by atoms with van der Waals surface area (Å²) in [6, 6.07) is 16.6. The maximum atomic E-state index is 11.5. The Morgan fingerprint density at radius 3 is 2.74 bits per heavy atom. The number of H-pyrrole nitrogens is 1. The minimum absolute atomic E-state index is 0.175. The second-order valence-corrected chi connectivity index (χ2v) is 6.26. The summed E-state index contributed by atoms with van der Waals surface area (Å²) in [5, 5.41) is 37.7. The van der Waals surface area contributed by atoms with Gasteiger partial charge in [0.15, 0.2) is 0 Å². The lowest BCUT2D eigenvalue weighted by molar-refractivity contribution is 0.0773. The van der Waals surface area contributed by atoms with E-state index in [1.165, 1.54) is 6.20 Å². The van der Waals surface area contributed by atoms with Gasteiger partial charge in [-0.15, -0.1) is 10.2 Å². The lowest BCUT2D eigenvalue weighted by Gasteiger charge is -2.30. The molecule has 1 heterocycles. The summed E-state index contributed by atoms with van der Waals surface area (Å²) >= 11 is 6.20. The standard InChI is InChI=1S/C19H17ClN6O/c1-2-19(27,14-6-4-3-5-7-14)16-10-15(20)8-9-17(16)22-12-13(11-21)18-23-25-26-24-18/h3-10,12,22,27H,2H2,1H3,(H,23,24,25,26). The van der Waals surface area contributed by atoms with Gasteiger partial charge in [-0.1, -0.05) is 48.9 Å². The molecule has 27 heavy (non-hydrogen) atoms. The fourth-order valence-electron chi connectivity index (χ4n) is 2.82. The number of nitrogens with zero attached hydrogens (tertiary/aromatic N) is 4. The van der Waals surface area contributed by atoms with Crippen molar-refractivity contribution >= 4 is 22.9 Å². The average molecular weight is 381 g/mol. The number of allylic oxidation sites excluding steroid dienone is 1. The number of rotatable bonds is 6. The Bertz CT molecular complexity index is 981. The smallest absolute Gasteiger partial charge is 0.216 e. The van der Waals surface area contributed by atoms with E-state index in [0.717, 1.165) is 5.56 Å².